The Kier molecular flexibility index (Phi) is 4.82. The predicted molar refractivity (Wildman–Crippen MR) is 97.6 cm³/mol. The molecule has 0 aliphatic rings. The SMILES string of the molecule is CCCCSc1ccc2cc(-c3ccc(C#N)s3)ccc2c1. The Hall–Kier alpha value is -1.76. The van der Waals surface area contributed by atoms with Crippen molar-refractivity contribution < 1.29 is 0 Å². The van der Waals surface area contributed by atoms with E-state index in [0.29, 0.717) is 0 Å². The molecule has 0 bridgehead atoms. The van der Waals surface area contributed by atoms with Crippen molar-refractivity contribution >= 4 is 33.9 Å². The summed E-state index contributed by atoms with van der Waals surface area (Å²) in [4.78, 5) is 3.26. The third kappa shape index (κ3) is 3.35. The van der Waals surface area contributed by atoms with Crippen LogP contribution in [0, 0.1) is 11.3 Å². The molecule has 0 aliphatic heterocycles. The number of nitriles is 1. The Bertz CT molecular complexity index is 827. The summed E-state index contributed by atoms with van der Waals surface area (Å²) >= 11 is 3.48. The van der Waals surface area contributed by atoms with Gasteiger partial charge in [0.25, 0.3) is 0 Å². The first-order valence-corrected chi connectivity index (χ1v) is 9.27. The summed E-state index contributed by atoms with van der Waals surface area (Å²) in [7, 11) is 0. The average molecular weight is 323 g/mol. The number of benzene rings is 2. The molecule has 1 aromatic heterocycles. The molecular formula is C19H17NS2. The summed E-state index contributed by atoms with van der Waals surface area (Å²) in [6.07, 6.45) is 2.51. The van der Waals surface area contributed by atoms with Crippen LogP contribution in [-0.2, 0) is 0 Å². The Morgan fingerprint density at radius 2 is 1.86 bits per heavy atom. The number of rotatable bonds is 5. The van der Waals surface area contributed by atoms with E-state index in [2.05, 4.69) is 49.4 Å². The molecule has 1 heterocycles. The highest BCUT2D eigenvalue weighted by atomic mass is 32.2. The van der Waals surface area contributed by atoms with Crippen LogP contribution in [0.25, 0.3) is 21.2 Å². The number of nitrogens with zero attached hydrogens (tertiary/aromatic N) is 1. The lowest BCUT2D eigenvalue weighted by Crippen LogP contribution is -1.80. The lowest BCUT2D eigenvalue weighted by atomic mass is 10.1. The third-order valence-electron chi connectivity index (χ3n) is 3.58. The van der Waals surface area contributed by atoms with Crippen molar-refractivity contribution in [2.24, 2.45) is 0 Å². The van der Waals surface area contributed by atoms with Crippen LogP contribution in [0.4, 0.5) is 0 Å². The lowest BCUT2D eigenvalue weighted by molar-refractivity contribution is 0.896. The standard InChI is InChI=1S/C19H17NS2/c1-2-3-10-21-17-7-6-14-11-16(5-4-15(14)12-17)19-9-8-18(13-20)22-19/h4-9,11-12H,2-3,10H2,1H3. The van der Waals surface area contributed by atoms with Gasteiger partial charge >= 0.3 is 0 Å². The van der Waals surface area contributed by atoms with Crippen molar-refractivity contribution in [1.29, 1.82) is 5.26 Å². The molecule has 0 atom stereocenters. The van der Waals surface area contributed by atoms with E-state index in [0.717, 1.165) is 9.75 Å². The van der Waals surface area contributed by atoms with Gasteiger partial charge in [0, 0.05) is 9.77 Å². The van der Waals surface area contributed by atoms with E-state index in [1.165, 1.54) is 39.8 Å². The van der Waals surface area contributed by atoms with Gasteiger partial charge in [-0.15, -0.1) is 23.1 Å². The molecular weight excluding hydrogens is 306 g/mol. The second-order valence-electron chi connectivity index (χ2n) is 5.20. The van der Waals surface area contributed by atoms with Crippen molar-refractivity contribution in [3.63, 3.8) is 0 Å². The Balaban J connectivity index is 1.87. The summed E-state index contributed by atoms with van der Waals surface area (Å²) in [5.41, 5.74) is 1.19. The summed E-state index contributed by atoms with van der Waals surface area (Å²) in [6, 6.07) is 19.3. The van der Waals surface area contributed by atoms with E-state index in [4.69, 9.17) is 5.26 Å². The molecule has 0 saturated heterocycles. The van der Waals surface area contributed by atoms with Crippen LogP contribution in [0.2, 0.25) is 0 Å². The van der Waals surface area contributed by atoms with Gasteiger partial charge in [0.15, 0.2) is 0 Å². The summed E-state index contributed by atoms with van der Waals surface area (Å²) < 4.78 is 0. The molecule has 3 heteroatoms. The molecule has 3 rings (SSSR count). The van der Waals surface area contributed by atoms with Crippen LogP contribution in [0.1, 0.15) is 24.6 Å². The second kappa shape index (κ2) is 7.00. The van der Waals surface area contributed by atoms with Crippen molar-refractivity contribution in [3.05, 3.63) is 53.4 Å². The molecule has 2 aromatic carbocycles. The van der Waals surface area contributed by atoms with E-state index in [1.807, 2.05) is 23.9 Å². The van der Waals surface area contributed by atoms with E-state index in [9.17, 15) is 0 Å². The smallest absolute Gasteiger partial charge is 0.110 e. The number of fused-ring (bicyclic) bond motifs is 1. The molecule has 0 fully saturated rings. The maximum absolute atomic E-state index is 8.95. The van der Waals surface area contributed by atoms with Gasteiger partial charge in [-0.25, -0.2) is 0 Å². The number of thiophene rings is 1. The van der Waals surface area contributed by atoms with E-state index >= 15 is 0 Å². The van der Waals surface area contributed by atoms with E-state index in [-0.39, 0.29) is 0 Å². The van der Waals surface area contributed by atoms with Gasteiger partial charge in [0.05, 0.1) is 0 Å². The Labute approximate surface area is 139 Å². The summed E-state index contributed by atoms with van der Waals surface area (Å²) in [5.74, 6) is 1.19. The minimum atomic E-state index is 0.762. The van der Waals surface area contributed by atoms with E-state index < -0.39 is 0 Å². The van der Waals surface area contributed by atoms with Gasteiger partial charge in [0.2, 0.25) is 0 Å². The fourth-order valence-corrected chi connectivity index (χ4v) is 4.20. The molecule has 22 heavy (non-hydrogen) atoms. The Morgan fingerprint density at radius 1 is 1.05 bits per heavy atom. The van der Waals surface area contributed by atoms with Crippen molar-refractivity contribution in [2.45, 2.75) is 24.7 Å². The highest BCUT2D eigenvalue weighted by Crippen LogP contribution is 2.31. The third-order valence-corrected chi connectivity index (χ3v) is 5.70. The van der Waals surface area contributed by atoms with Gasteiger partial charge < -0.3 is 0 Å². The van der Waals surface area contributed by atoms with Crippen LogP contribution in [-0.4, -0.2) is 5.75 Å². The zero-order valence-corrected chi connectivity index (χ0v) is 14.1. The van der Waals surface area contributed by atoms with Gasteiger partial charge in [-0.3, -0.25) is 0 Å². The zero-order chi connectivity index (χ0) is 15.4. The first-order chi connectivity index (χ1) is 10.8. The molecule has 0 amide bonds. The topological polar surface area (TPSA) is 23.8 Å². The normalized spacial score (nSPS) is 10.7. The monoisotopic (exact) mass is 323 g/mol. The summed E-state index contributed by atoms with van der Waals surface area (Å²) in [6.45, 7) is 2.23. The molecule has 0 saturated carbocycles. The number of unbranched alkanes of at least 4 members (excludes halogenated alkanes) is 1. The van der Waals surface area contributed by atoms with Crippen LogP contribution >= 0.6 is 23.1 Å². The Morgan fingerprint density at radius 3 is 2.64 bits per heavy atom. The molecule has 0 spiro atoms. The molecule has 3 aromatic rings. The first-order valence-electron chi connectivity index (χ1n) is 7.47. The largest absolute Gasteiger partial charge is 0.192 e. The molecule has 1 nitrogen and oxygen atoms in total. The van der Waals surface area contributed by atoms with Gasteiger partial charge in [-0.05, 0) is 58.8 Å². The molecule has 0 aliphatic carbocycles. The van der Waals surface area contributed by atoms with Crippen LogP contribution in [0.5, 0.6) is 0 Å². The highest BCUT2D eigenvalue weighted by Gasteiger charge is 2.04. The van der Waals surface area contributed by atoms with Crippen LogP contribution in [0.15, 0.2) is 53.4 Å². The maximum Gasteiger partial charge on any atom is 0.110 e. The molecule has 0 radical (unpaired) electrons. The average Bonchev–Trinajstić information content (AvgIpc) is 3.04. The van der Waals surface area contributed by atoms with Crippen molar-refractivity contribution in [2.75, 3.05) is 5.75 Å². The summed E-state index contributed by atoms with van der Waals surface area (Å²) in [5, 5.41) is 11.5. The molecule has 110 valence electrons. The van der Waals surface area contributed by atoms with Crippen LogP contribution < -0.4 is 0 Å². The second-order valence-corrected chi connectivity index (χ2v) is 7.45. The number of hydrogen-bond acceptors (Lipinski definition) is 3. The van der Waals surface area contributed by atoms with Crippen molar-refractivity contribution in [1.82, 2.24) is 0 Å². The fourth-order valence-electron chi connectivity index (χ4n) is 2.35. The molecule has 0 unspecified atom stereocenters. The van der Waals surface area contributed by atoms with Gasteiger partial charge in [0.1, 0.15) is 10.9 Å². The molecule has 0 N–H and O–H groups in total. The van der Waals surface area contributed by atoms with Crippen LogP contribution in [0.3, 0.4) is 0 Å². The first kappa shape index (κ1) is 15.1. The fraction of sp³-hybridized carbons (Fsp3) is 0.211. The predicted octanol–water partition coefficient (Wildman–Crippen LogP) is 6.33. The maximum atomic E-state index is 8.95. The van der Waals surface area contributed by atoms with Gasteiger partial charge in [-0.2, -0.15) is 5.26 Å². The highest BCUT2D eigenvalue weighted by molar-refractivity contribution is 7.99. The number of thioether (sulfide) groups is 1. The van der Waals surface area contributed by atoms with Crippen molar-refractivity contribution in [3.8, 4) is 16.5 Å². The zero-order valence-electron chi connectivity index (χ0n) is 12.5. The lowest BCUT2D eigenvalue weighted by Gasteiger charge is -2.05. The minimum absolute atomic E-state index is 0.762. The van der Waals surface area contributed by atoms with E-state index in [1.54, 1.807) is 11.3 Å². The number of hydrogen-bond donors (Lipinski definition) is 0. The quantitative estimate of drug-likeness (QED) is 0.404. The minimum Gasteiger partial charge on any atom is -0.192 e. The van der Waals surface area contributed by atoms with Gasteiger partial charge in [-0.1, -0.05) is 31.5 Å².